The molecule has 8 nitrogen and oxygen atoms in total. The number of hydrogen-bond acceptors (Lipinski definition) is 6. The fourth-order valence-electron chi connectivity index (χ4n) is 2.73. The Hall–Kier alpha value is -2.39. The van der Waals surface area contributed by atoms with Crippen molar-refractivity contribution in [1.29, 1.82) is 0 Å². The Morgan fingerprint density at radius 2 is 1.71 bits per heavy atom. The quantitative estimate of drug-likeness (QED) is 0.370. The SMILES string of the molecule is CCCCCOc1cc(C)cc(F)c1.CNCCN(CCCNC(C)=O)C(=O)OC(C)(C)C.CO. The number of benzene rings is 1. The van der Waals surface area contributed by atoms with Gasteiger partial charge in [-0.3, -0.25) is 4.79 Å². The molecule has 0 bridgehead atoms. The molecule has 0 atom stereocenters. The Bertz CT molecular complexity index is 676. The number of carbonyl (C=O) groups excluding carboxylic acids is 2. The van der Waals surface area contributed by atoms with E-state index in [-0.39, 0.29) is 17.8 Å². The number of halogens is 1. The summed E-state index contributed by atoms with van der Waals surface area (Å²) in [7, 11) is 2.84. The molecule has 3 N–H and O–H groups in total. The van der Waals surface area contributed by atoms with Crippen LogP contribution in [0.15, 0.2) is 18.2 Å². The van der Waals surface area contributed by atoms with E-state index in [4.69, 9.17) is 14.6 Å². The van der Waals surface area contributed by atoms with Crippen LogP contribution in [0.1, 0.15) is 65.9 Å². The van der Waals surface area contributed by atoms with Gasteiger partial charge in [0.05, 0.1) is 6.61 Å². The highest BCUT2D eigenvalue weighted by Crippen LogP contribution is 2.16. The Balaban J connectivity index is 0. The largest absolute Gasteiger partial charge is 0.493 e. The van der Waals surface area contributed by atoms with E-state index >= 15 is 0 Å². The molecule has 1 rings (SSSR count). The van der Waals surface area contributed by atoms with Gasteiger partial charge in [-0.25, -0.2) is 9.18 Å². The summed E-state index contributed by atoms with van der Waals surface area (Å²) in [4.78, 5) is 24.4. The number of hydrogen-bond donors (Lipinski definition) is 3. The highest BCUT2D eigenvalue weighted by atomic mass is 19.1. The van der Waals surface area contributed by atoms with Gasteiger partial charge < -0.3 is 30.1 Å². The zero-order chi connectivity index (χ0) is 27.3. The van der Waals surface area contributed by atoms with Crippen molar-refractivity contribution >= 4 is 12.0 Å². The zero-order valence-corrected chi connectivity index (χ0v) is 23.0. The third kappa shape index (κ3) is 21.9. The molecule has 1 aromatic rings. The third-order valence-electron chi connectivity index (χ3n) is 4.29. The van der Waals surface area contributed by atoms with Crippen molar-refractivity contribution in [3.05, 3.63) is 29.6 Å². The number of carbonyl (C=O) groups is 2. The van der Waals surface area contributed by atoms with Gasteiger partial charge >= 0.3 is 6.09 Å². The van der Waals surface area contributed by atoms with Crippen LogP contribution >= 0.6 is 0 Å². The van der Waals surface area contributed by atoms with Crippen LogP contribution < -0.4 is 15.4 Å². The van der Waals surface area contributed by atoms with Gasteiger partial charge in [-0.1, -0.05) is 19.8 Å². The summed E-state index contributed by atoms with van der Waals surface area (Å²) in [5.74, 6) is 0.355. The van der Waals surface area contributed by atoms with E-state index in [0.717, 1.165) is 25.5 Å². The minimum atomic E-state index is -0.493. The van der Waals surface area contributed by atoms with Gasteiger partial charge in [-0.15, -0.1) is 0 Å². The van der Waals surface area contributed by atoms with Crippen LogP contribution in [0.5, 0.6) is 5.75 Å². The average molecular weight is 502 g/mol. The van der Waals surface area contributed by atoms with Crippen molar-refractivity contribution < 1.29 is 28.6 Å². The molecular weight excluding hydrogens is 453 g/mol. The van der Waals surface area contributed by atoms with E-state index in [9.17, 15) is 14.0 Å². The van der Waals surface area contributed by atoms with E-state index in [2.05, 4.69) is 17.6 Å². The lowest BCUT2D eigenvalue weighted by Gasteiger charge is -2.27. The number of amides is 2. The molecule has 0 aliphatic rings. The molecular formula is C26H48FN3O5. The fraction of sp³-hybridized carbons (Fsp3) is 0.692. The van der Waals surface area contributed by atoms with Crippen molar-refractivity contribution in [2.45, 2.75) is 72.8 Å². The van der Waals surface area contributed by atoms with Crippen LogP contribution in [-0.4, -0.2) is 74.6 Å². The minimum Gasteiger partial charge on any atom is -0.493 e. The van der Waals surface area contributed by atoms with Gasteiger partial charge in [0.15, 0.2) is 0 Å². The Morgan fingerprint density at radius 3 is 2.23 bits per heavy atom. The van der Waals surface area contributed by atoms with Crippen LogP contribution in [0, 0.1) is 12.7 Å². The van der Waals surface area contributed by atoms with E-state index < -0.39 is 5.60 Å². The second kappa shape index (κ2) is 20.9. The van der Waals surface area contributed by atoms with Gasteiger partial charge in [0.25, 0.3) is 0 Å². The fourth-order valence-corrected chi connectivity index (χ4v) is 2.73. The van der Waals surface area contributed by atoms with Crippen molar-refractivity contribution in [2.75, 3.05) is 46.9 Å². The van der Waals surface area contributed by atoms with Gasteiger partial charge in [0.1, 0.15) is 17.2 Å². The molecule has 0 heterocycles. The molecule has 0 fully saturated rings. The van der Waals surface area contributed by atoms with Crippen LogP contribution in [-0.2, 0) is 9.53 Å². The van der Waals surface area contributed by atoms with Crippen molar-refractivity contribution in [1.82, 2.24) is 15.5 Å². The summed E-state index contributed by atoms with van der Waals surface area (Å²) >= 11 is 0. The summed E-state index contributed by atoms with van der Waals surface area (Å²) in [6, 6.07) is 4.78. The number of nitrogens with zero attached hydrogens (tertiary/aromatic N) is 1. The lowest BCUT2D eigenvalue weighted by molar-refractivity contribution is -0.118. The number of aliphatic hydroxyl groups excluding tert-OH is 1. The molecule has 2 amide bonds. The van der Waals surface area contributed by atoms with Crippen molar-refractivity contribution in [3.8, 4) is 5.75 Å². The second-order valence-corrected chi connectivity index (χ2v) is 8.93. The van der Waals surface area contributed by atoms with Crippen molar-refractivity contribution in [3.63, 3.8) is 0 Å². The van der Waals surface area contributed by atoms with Gasteiger partial charge in [0.2, 0.25) is 5.91 Å². The maximum Gasteiger partial charge on any atom is 0.410 e. The highest BCUT2D eigenvalue weighted by molar-refractivity contribution is 5.72. The summed E-state index contributed by atoms with van der Waals surface area (Å²) < 4.78 is 23.7. The number of ether oxygens (including phenoxy) is 2. The molecule has 204 valence electrons. The molecule has 0 radical (unpaired) electrons. The monoisotopic (exact) mass is 501 g/mol. The lowest BCUT2D eigenvalue weighted by atomic mass is 10.2. The number of unbranched alkanes of at least 4 members (excludes halogenated alkanes) is 2. The number of aryl methyl sites for hydroxylation is 1. The van der Waals surface area contributed by atoms with E-state index in [1.165, 1.54) is 25.5 Å². The van der Waals surface area contributed by atoms with Crippen LogP contribution in [0.3, 0.4) is 0 Å². The molecule has 0 unspecified atom stereocenters. The standard InChI is InChI=1S/C13H27N3O3.C12H17FO.CH4O/c1-11(17)15-7-6-9-16(10-8-14-5)12(18)19-13(2,3)4;1-3-4-5-6-14-12-8-10(2)7-11(13)9-12;1-2/h14H,6-10H2,1-5H3,(H,15,17);7-9H,3-6H2,1-2H3;2H,1H3. The van der Waals surface area contributed by atoms with E-state index in [1.54, 1.807) is 4.90 Å². The number of nitrogens with one attached hydrogen (secondary N) is 2. The summed E-state index contributed by atoms with van der Waals surface area (Å²) in [5, 5.41) is 12.7. The maximum atomic E-state index is 12.9. The molecule has 0 aliphatic carbocycles. The zero-order valence-electron chi connectivity index (χ0n) is 23.0. The topological polar surface area (TPSA) is 100 Å². The summed E-state index contributed by atoms with van der Waals surface area (Å²) in [6.07, 6.45) is 3.76. The van der Waals surface area contributed by atoms with Gasteiger partial charge in [-0.05, 0) is 65.3 Å². The molecule has 9 heteroatoms. The number of rotatable bonds is 12. The van der Waals surface area contributed by atoms with E-state index in [1.807, 2.05) is 40.8 Å². The second-order valence-electron chi connectivity index (χ2n) is 8.93. The minimum absolute atomic E-state index is 0.0564. The Labute approximate surface area is 211 Å². The molecule has 0 aliphatic heterocycles. The highest BCUT2D eigenvalue weighted by Gasteiger charge is 2.21. The average Bonchev–Trinajstić information content (AvgIpc) is 2.76. The first-order valence-electron chi connectivity index (χ1n) is 12.2. The van der Waals surface area contributed by atoms with Gasteiger partial charge in [-0.2, -0.15) is 0 Å². The van der Waals surface area contributed by atoms with E-state index in [0.29, 0.717) is 45.0 Å². The predicted molar refractivity (Wildman–Crippen MR) is 139 cm³/mol. The number of aliphatic hydroxyl groups is 1. The van der Waals surface area contributed by atoms with Crippen LogP contribution in [0.4, 0.5) is 9.18 Å². The first-order valence-corrected chi connectivity index (χ1v) is 12.2. The van der Waals surface area contributed by atoms with Crippen LogP contribution in [0.25, 0.3) is 0 Å². The number of likely N-dealkylation sites (N-methyl/N-ethyl adjacent to an activating group) is 1. The van der Waals surface area contributed by atoms with Gasteiger partial charge in [0, 0.05) is 46.3 Å². The molecule has 35 heavy (non-hydrogen) atoms. The molecule has 0 aromatic heterocycles. The summed E-state index contributed by atoms with van der Waals surface area (Å²) in [5.41, 5.74) is 0.405. The molecule has 1 aromatic carbocycles. The third-order valence-corrected chi connectivity index (χ3v) is 4.29. The maximum absolute atomic E-state index is 12.9. The molecule has 0 spiro atoms. The first kappa shape index (κ1) is 34.8. The van der Waals surface area contributed by atoms with Crippen molar-refractivity contribution in [2.24, 2.45) is 0 Å². The predicted octanol–water partition coefficient (Wildman–Crippen LogP) is 4.28. The van der Waals surface area contributed by atoms with Crippen LogP contribution in [0.2, 0.25) is 0 Å². The summed E-state index contributed by atoms with van der Waals surface area (Å²) in [6.45, 7) is 14.1. The molecule has 0 saturated heterocycles. The lowest BCUT2D eigenvalue weighted by Crippen LogP contribution is -2.41. The first-order chi connectivity index (χ1) is 16.5. The Kier molecular flexibility index (Phi) is 20.8. The smallest absolute Gasteiger partial charge is 0.410 e. The molecule has 0 saturated carbocycles. The normalized spacial score (nSPS) is 10.2. The Morgan fingerprint density at radius 1 is 1.06 bits per heavy atom.